The number of rotatable bonds is 6. The van der Waals surface area contributed by atoms with Crippen LogP contribution in [0.1, 0.15) is 42.5 Å². The fourth-order valence-electron chi connectivity index (χ4n) is 3.47. The van der Waals surface area contributed by atoms with Crippen molar-refractivity contribution in [2.45, 2.75) is 32.2 Å². The summed E-state index contributed by atoms with van der Waals surface area (Å²) in [6.07, 6.45) is 2.49. The fraction of sp³-hybridized carbons (Fsp3) is 0.348. The van der Waals surface area contributed by atoms with Gasteiger partial charge < -0.3 is 15.1 Å². The van der Waals surface area contributed by atoms with Gasteiger partial charge in [-0.05, 0) is 22.6 Å². The lowest BCUT2D eigenvalue weighted by Gasteiger charge is -2.26. The molecule has 27 heavy (non-hydrogen) atoms. The molecule has 0 bridgehead atoms. The quantitative estimate of drug-likeness (QED) is 0.846. The van der Waals surface area contributed by atoms with E-state index >= 15 is 0 Å². The molecule has 0 saturated carbocycles. The van der Waals surface area contributed by atoms with E-state index in [1.165, 1.54) is 5.56 Å². The molecule has 1 atom stereocenters. The third-order valence-electron chi connectivity index (χ3n) is 4.97. The van der Waals surface area contributed by atoms with Gasteiger partial charge in [0.15, 0.2) is 0 Å². The Bertz CT molecular complexity index is 796. The number of hydrogen-bond donors (Lipinski definition) is 1. The first-order valence-corrected chi connectivity index (χ1v) is 9.50. The summed E-state index contributed by atoms with van der Waals surface area (Å²) in [7, 11) is 4.10. The smallest absolute Gasteiger partial charge is 0.225 e. The molecule has 142 valence electrons. The molecule has 2 aromatic rings. The first kappa shape index (κ1) is 19.0. The molecule has 0 aliphatic carbocycles. The molecule has 1 amide bonds. The van der Waals surface area contributed by atoms with Crippen molar-refractivity contribution < 1.29 is 4.79 Å². The summed E-state index contributed by atoms with van der Waals surface area (Å²) in [5.41, 5.74) is 4.53. The molecule has 1 aliphatic heterocycles. The van der Waals surface area contributed by atoms with E-state index in [9.17, 15) is 4.79 Å². The van der Waals surface area contributed by atoms with Crippen molar-refractivity contribution in [1.82, 2.24) is 15.1 Å². The topological polar surface area (TPSA) is 35.6 Å². The van der Waals surface area contributed by atoms with Gasteiger partial charge in [0.2, 0.25) is 5.91 Å². The second-order valence-electron chi connectivity index (χ2n) is 7.63. The number of amides is 1. The molecular weight excluding hydrogens is 334 g/mol. The maximum absolute atomic E-state index is 12.8. The maximum atomic E-state index is 12.8. The van der Waals surface area contributed by atoms with Crippen LogP contribution in [0.25, 0.3) is 0 Å². The summed E-state index contributed by atoms with van der Waals surface area (Å²) in [5.74, 6) is 0.530. The number of nitrogens with zero attached hydrogens (tertiary/aromatic N) is 2. The minimum Gasteiger partial charge on any atom is -0.361 e. The summed E-state index contributed by atoms with van der Waals surface area (Å²) in [6, 6.07) is 18.3. The molecule has 3 rings (SSSR count). The monoisotopic (exact) mass is 363 g/mol. The molecule has 0 saturated heterocycles. The van der Waals surface area contributed by atoms with E-state index in [1.54, 1.807) is 0 Å². The Hall–Kier alpha value is -2.75. The van der Waals surface area contributed by atoms with Gasteiger partial charge in [0.25, 0.3) is 0 Å². The average Bonchev–Trinajstić information content (AvgIpc) is 2.99. The van der Waals surface area contributed by atoms with Gasteiger partial charge in [-0.1, -0.05) is 68.4 Å². The van der Waals surface area contributed by atoms with Crippen LogP contribution in [0.15, 0.2) is 66.5 Å². The van der Waals surface area contributed by atoms with Gasteiger partial charge in [0.05, 0.1) is 24.8 Å². The molecule has 1 N–H and O–H groups in total. The Kier molecular flexibility index (Phi) is 5.84. The van der Waals surface area contributed by atoms with Gasteiger partial charge in [-0.25, -0.2) is 0 Å². The standard InChI is InChI=1S/C23H29N3O/c1-17(2)19-12-10-18(11-13-19)14-22(27)24-23(20-8-6-5-7-9-20)21-15-25(3)16-26(21)4/h5-13,15,17,23H,14,16H2,1-4H3,(H,24,27). The second kappa shape index (κ2) is 8.30. The van der Waals surface area contributed by atoms with Crippen LogP contribution < -0.4 is 5.32 Å². The summed E-state index contributed by atoms with van der Waals surface area (Å²) >= 11 is 0. The van der Waals surface area contributed by atoms with Crippen LogP contribution in [0.5, 0.6) is 0 Å². The van der Waals surface area contributed by atoms with Crippen LogP contribution in [0.4, 0.5) is 0 Å². The molecule has 0 radical (unpaired) electrons. The number of nitrogens with one attached hydrogen (secondary N) is 1. The number of hydrogen-bond acceptors (Lipinski definition) is 3. The molecular formula is C23H29N3O. The van der Waals surface area contributed by atoms with Crippen LogP contribution in [-0.4, -0.2) is 36.5 Å². The van der Waals surface area contributed by atoms with Crippen molar-refractivity contribution in [3.05, 3.63) is 83.2 Å². The Labute approximate surface area is 162 Å². The Morgan fingerprint density at radius 3 is 2.22 bits per heavy atom. The van der Waals surface area contributed by atoms with Gasteiger partial charge in [0, 0.05) is 20.3 Å². The molecule has 1 aliphatic rings. The van der Waals surface area contributed by atoms with Crippen molar-refractivity contribution in [3.8, 4) is 0 Å². The summed E-state index contributed by atoms with van der Waals surface area (Å²) in [6.45, 7) is 5.18. The van der Waals surface area contributed by atoms with E-state index < -0.39 is 0 Å². The van der Waals surface area contributed by atoms with Crippen molar-refractivity contribution in [2.24, 2.45) is 0 Å². The van der Waals surface area contributed by atoms with E-state index in [0.717, 1.165) is 23.5 Å². The largest absolute Gasteiger partial charge is 0.361 e. The lowest BCUT2D eigenvalue weighted by atomic mass is 10.00. The van der Waals surface area contributed by atoms with E-state index in [2.05, 4.69) is 78.6 Å². The number of carbonyl (C=O) groups excluding carboxylic acids is 1. The highest BCUT2D eigenvalue weighted by atomic mass is 16.1. The van der Waals surface area contributed by atoms with Crippen molar-refractivity contribution in [3.63, 3.8) is 0 Å². The number of carbonyl (C=O) groups is 1. The Balaban J connectivity index is 1.76. The highest BCUT2D eigenvalue weighted by molar-refractivity contribution is 5.79. The molecule has 4 heteroatoms. The van der Waals surface area contributed by atoms with E-state index in [0.29, 0.717) is 12.3 Å². The first-order chi connectivity index (χ1) is 12.9. The summed E-state index contributed by atoms with van der Waals surface area (Å²) in [5, 5.41) is 3.24. The maximum Gasteiger partial charge on any atom is 0.225 e. The minimum absolute atomic E-state index is 0.0324. The molecule has 4 nitrogen and oxygen atoms in total. The van der Waals surface area contributed by atoms with E-state index in [-0.39, 0.29) is 11.9 Å². The molecule has 0 fully saturated rings. The second-order valence-corrected chi connectivity index (χ2v) is 7.63. The minimum atomic E-state index is -0.149. The third-order valence-corrected chi connectivity index (χ3v) is 4.97. The van der Waals surface area contributed by atoms with Crippen molar-refractivity contribution in [2.75, 3.05) is 20.8 Å². The van der Waals surface area contributed by atoms with Crippen LogP contribution >= 0.6 is 0 Å². The predicted octanol–water partition coefficient (Wildman–Crippen LogP) is 3.89. The Morgan fingerprint density at radius 1 is 1.00 bits per heavy atom. The molecule has 1 unspecified atom stereocenters. The normalized spacial score (nSPS) is 15.1. The van der Waals surface area contributed by atoms with Crippen LogP contribution in [0, 0.1) is 0 Å². The predicted molar refractivity (Wildman–Crippen MR) is 110 cm³/mol. The molecule has 0 spiro atoms. The summed E-state index contributed by atoms with van der Waals surface area (Å²) in [4.78, 5) is 17.1. The Morgan fingerprint density at radius 2 is 1.67 bits per heavy atom. The van der Waals surface area contributed by atoms with Crippen LogP contribution in [0.2, 0.25) is 0 Å². The lowest BCUT2D eigenvalue weighted by molar-refractivity contribution is -0.121. The zero-order valence-corrected chi connectivity index (χ0v) is 16.6. The molecule has 2 aromatic carbocycles. The average molecular weight is 364 g/mol. The lowest BCUT2D eigenvalue weighted by Crippen LogP contribution is -2.34. The first-order valence-electron chi connectivity index (χ1n) is 9.50. The van der Waals surface area contributed by atoms with Crippen molar-refractivity contribution >= 4 is 5.91 Å². The highest BCUT2D eigenvalue weighted by Crippen LogP contribution is 2.27. The van der Waals surface area contributed by atoms with Crippen LogP contribution in [0.3, 0.4) is 0 Å². The third kappa shape index (κ3) is 4.70. The zero-order chi connectivity index (χ0) is 19.4. The van der Waals surface area contributed by atoms with Gasteiger partial charge in [-0.2, -0.15) is 0 Å². The van der Waals surface area contributed by atoms with Gasteiger partial charge >= 0.3 is 0 Å². The van der Waals surface area contributed by atoms with Crippen LogP contribution in [-0.2, 0) is 11.2 Å². The van der Waals surface area contributed by atoms with Crippen molar-refractivity contribution in [1.29, 1.82) is 0 Å². The fourth-order valence-corrected chi connectivity index (χ4v) is 3.47. The van der Waals surface area contributed by atoms with Gasteiger partial charge in [0.1, 0.15) is 0 Å². The van der Waals surface area contributed by atoms with E-state index in [1.807, 2.05) is 25.2 Å². The van der Waals surface area contributed by atoms with Gasteiger partial charge in [-0.3, -0.25) is 4.79 Å². The highest BCUT2D eigenvalue weighted by Gasteiger charge is 2.26. The molecule has 1 heterocycles. The summed E-state index contributed by atoms with van der Waals surface area (Å²) < 4.78 is 0. The molecule has 0 aromatic heterocycles. The van der Waals surface area contributed by atoms with E-state index in [4.69, 9.17) is 0 Å². The number of benzene rings is 2. The SMILES string of the molecule is CC(C)c1ccc(CC(=O)NC(C2=CN(C)CN2C)c2ccccc2)cc1. The van der Waals surface area contributed by atoms with Gasteiger partial charge in [-0.15, -0.1) is 0 Å². The zero-order valence-electron chi connectivity index (χ0n) is 16.6. The number of likely N-dealkylation sites (N-methyl/N-ethyl adjacent to an activating group) is 1.